The van der Waals surface area contributed by atoms with E-state index >= 15 is 0 Å². The Morgan fingerprint density at radius 2 is 1.94 bits per heavy atom. The Hall–Kier alpha value is -0.640. The lowest BCUT2D eigenvalue weighted by Crippen LogP contribution is -2.44. The number of amides is 1. The zero-order chi connectivity index (χ0) is 13.6. The molecule has 100 valence electrons. The van der Waals surface area contributed by atoms with Crippen molar-refractivity contribution in [2.45, 2.75) is 59.9 Å². The first-order valence-electron chi connectivity index (χ1n) is 6.27. The summed E-state index contributed by atoms with van der Waals surface area (Å²) in [7, 11) is 0. The van der Waals surface area contributed by atoms with Crippen LogP contribution in [0, 0.1) is 11.3 Å². The van der Waals surface area contributed by atoms with Gasteiger partial charge in [-0.15, -0.1) is 0 Å². The van der Waals surface area contributed by atoms with Crippen LogP contribution < -0.4 is 11.1 Å². The first-order chi connectivity index (χ1) is 7.68. The van der Waals surface area contributed by atoms with Gasteiger partial charge in [0, 0.05) is 6.42 Å². The lowest BCUT2D eigenvalue weighted by Gasteiger charge is -2.27. The summed E-state index contributed by atoms with van der Waals surface area (Å²) in [5, 5.41) is 2.92. The quantitative estimate of drug-likeness (QED) is 0.720. The molecule has 4 heteroatoms. The predicted molar refractivity (Wildman–Crippen MR) is 76.9 cm³/mol. The summed E-state index contributed by atoms with van der Waals surface area (Å²) in [5.41, 5.74) is 5.74. The van der Waals surface area contributed by atoms with Crippen molar-refractivity contribution in [2.24, 2.45) is 17.1 Å². The molecule has 0 bridgehead atoms. The Labute approximate surface area is 111 Å². The first-order valence-corrected chi connectivity index (χ1v) is 6.68. The van der Waals surface area contributed by atoms with Crippen LogP contribution >= 0.6 is 12.2 Å². The summed E-state index contributed by atoms with van der Waals surface area (Å²) >= 11 is 4.95. The average molecular weight is 258 g/mol. The molecular weight excluding hydrogens is 232 g/mol. The van der Waals surface area contributed by atoms with Crippen LogP contribution in [-0.2, 0) is 4.79 Å². The number of nitrogens with one attached hydrogen (secondary N) is 1. The highest BCUT2D eigenvalue weighted by Crippen LogP contribution is 2.27. The number of thiocarbonyl (C=S) groups is 1. The third-order valence-corrected chi connectivity index (χ3v) is 3.51. The van der Waals surface area contributed by atoms with Gasteiger partial charge in [0.25, 0.3) is 0 Å². The van der Waals surface area contributed by atoms with Gasteiger partial charge in [0.15, 0.2) is 0 Å². The van der Waals surface area contributed by atoms with Gasteiger partial charge in [-0.3, -0.25) is 4.79 Å². The number of carbonyl (C=O) groups excluding carboxylic acids is 1. The normalized spacial score (nSPS) is 15.1. The standard InChI is InChI=1S/C13H26N2OS/c1-6-7-10(12(14)17)15-11(16)8-9(2)13(3,4)5/h9-10H,6-8H2,1-5H3,(H2,14,17)(H,15,16). The third kappa shape index (κ3) is 6.61. The molecule has 0 saturated heterocycles. The molecule has 0 aromatic rings. The van der Waals surface area contributed by atoms with Crippen molar-refractivity contribution in [1.82, 2.24) is 5.32 Å². The van der Waals surface area contributed by atoms with E-state index < -0.39 is 0 Å². The second kappa shape index (κ2) is 6.94. The van der Waals surface area contributed by atoms with Crippen molar-refractivity contribution in [2.75, 3.05) is 0 Å². The van der Waals surface area contributed by atoms with E-state index in [-0.39, 0.29) is 17.4 Å². The largest absolute Gasteiger partial charge is 0.392 e. The highest BCUT2D eigenvalue weighted by atomic mass is 32.1. The van der Waals surface area contributed by atoms with Crippen LogP contribution in [0.5, 0.6) is 0 Å². The molecule has 0 aliphatic rings. The Kier molecular flexibility index (Phi) is 6.68. The SMILES string of the molecule is CCCC(NC(=O)CC(C)C(C)(C)C)C(N)=S. The molecule has 0 aromatic heterocycles. The maximum atomic E-state index is 11.9. The van der Waals surface area contributed by atoms with Gasteiger partial charge in [-0.2, -0.15) is 0 Å². The summed E-state index contributed by atoms with van der Waals surface area (Å²) in [4.78, 5) is 12.2. The lowest BCUT2D eigenvalue weighted by molar-refractivity contribution is -0.123. The highest BCUT2D eigenvalue weighted by molar-refractivity contribution is 7.80. The van der Waals surface area contributed by atoms with Gasteiger partial charge in [-0.1, -0.05) is 53.3 Å². The monoisotopic (exact) mass is 258 g/mol. The van der Waals surface area contributed by atoms with Crippen LogP contribution in [0.1, 0.15) is 53.9 Å². The smallest absolute Gasteiger partial charge is 0.220 e. The molecular formula is C13H26N2OS. The van der Waals surface area contributed by atoms with Crippen LogP contribution in [0.2, 0.25) is 0 Å². The van der Waals surface area contributed by atoms with E-state index in [2.05, 4.69) is 39.9 Å². The molecule has 3 N–H and O–H groups in total. The molecule has 0 saturated carbocycles. The number of hydrogen-bond acceptors (Lipinski definition) is 2. The third-order valence-electron chi connectivity index (χ3n) is 3.23. The molecule has 3 nitrogen and oxygen atoms in total. The van der Waals surface area contributed by atoms with Crippen molar-refractivity contribution >= 4 is 23.1 Å². The molecule has 0 spiro atoms. The molecule has 17 heavy (non-hydrogen) atoms. The second-order valence-electron chi connectivity index (χ2n) is 5.78. The second-order valence-corrected chi connectivity index (χ2v) is 6.25. The molecule has 2 atom stereocenters. The van der Waals surface area contributed by atoms with E-state index in [1.54, 1.807) is 0 Å². The van der Waals surface area contributed by atoms with Crippen molar-refractivity contribution in [1.29, 1.82) is 0 Å². The fraction of sp³-hybridized carbons (Fsp3) is 0.846. The van der Waals surface area contributed by atoms with Gasteiger partial charge >= 0.3 is 0 Å². The molecule has 0 aliphatic carbocycles. The van der Waals surface area contributed by atoms with Gasteiger partial charge in [-0.05, 0) is 17.8 Å². The average Bonchev–Trinajstić information content (AvgIpc) is 2.15. The van der Waals surface area contributed by atoms with Crippen LogP contribution in [-0.4, -0.2) is 16.9 Å². The van der Waals surface area contributed by atoms with Gasteiger partial charge in [0.05, 0.1) is 11.0 Å². The Balaban J connectivity index is 4.29. The molecule has 1 amide bonds. The van der Waals surface area contributed by atoms with Gasteiger partial charge in [-0.25, -0.2) is 0 Å². The van der Waals surface area contributed by atoms with Crippen LogP contribution in [0.4, 0.5) is 0 Å². The first kappa shape index (κ1) is 16.4. The minimum absolute atomic E-state index is 0.0404. The molecule has 0 fully saturated rings. The minimum atomic E-state index is -0.158. The summed E-state index contributed by atoms with van der Waals surface area (Å²) in [6.07, 6.45) is 2.29. The van der Waals surface area contributed by atoms with Crippen molar-refractivity contribution in [3.63, 3.8) is 0 Å². The summed E-state index contributed by atoms with van der Waals surface area (Å²) in [5.74, 6) is 0.370. The fourth-order valence-electron chi connectivity index (χ4n) is 1.41. The molecule has 0 aliphatic heterocycles. The van der Waals surface area contributed by atoms with Crippen molar-refractivity contribution < 1.29 is 4.79 Å². The Morgan fingerprint density at radius 3 is 2.29 bits per heavy atom. The number of carbonyl (C=O) groups is 1. The molecule has 0 rings (SSSR count). The zero-order valence-corrected chi connectivity index (χ0v) is 12.5. The maximum absolute atomic E-state index is 11.9. The zero-order valence-electron chi connectivity index (χ0n) is 11.7. The Bertz CT molecular complexity index is 271. The maximum Gasteiger partial charge on any atom is 0.220 e. The van der Waals surface area contributed by atoms with E-state index in [1.807, 2.05) is 0 Å². The highest BCUT2D eigenvalue weighted by Gasteiger charge is 2.23. The predicted octanol–water partition coefficient (Wildman–Crippen LogP) is 2.63. The fourth-order valence-corrected chi connectivity index (χ4v) is 1.59. The van der Waals surface area contributed by atoms with Crippen LogP contribution in [0.15, 0.2) is 0 Å². The summed E-state index contributed by atoms with van der Waals surface area (Å²) in [6.45, 7) is 10.6. The number of rotatable bonds is 6. The Morgan fingerprint density at radius 1 is 1.41 bits per heavy atom. The van der Waals surface area contributed by atoms with E-state index in [4.69, 9.17) is 18.0 Å². The minimum Gasteiger partial charge on any atom is -0.392 e. The summed E-state index contributed by atoms with van der Waals surface area (Å²) < 4.78 is 0. The van der Waals surface area contributed by atoms with Gasteiger partial charge in [0.2, 0.25) is 5.91 Å². The summed E-state index contributed by atoms with van der Waals surface area (Å²) in [6, 6.07) is -0.158. The lowest BCUT2D eigenvalue weighted by atomic mass is 9.80. The van der Waals surface area contributed by atoms with E-state index in [1.165, 1.54) is 0 Å². The molecule has 2 unspecified atom stereocenters. The van der Waals surface area contributed by atoms with E-state index in [0.717, 1.165) is 12.8 Å². The van der Waals surface area contributed by atoms with Crippen LogP contribution in [0.3, 0.4) is 0 Å². The van der Waals surface area contributed by atoms with Gasteiger partial charge in [0.1, 0.15) is 0 Å². The topological polar surface area (TPSA) is 55.1 Å². The van der Waals surface area contributed by atoms with Gasteiger partial charge < -0.3 is 11.1 Å². The molecule has 0 aromatic carbocycles. The number of nitrogens with two attached hydrogens (primary N) is 1. The van der Waals surface area contributed by atoms with Crippen molar-refractivity contribution in [3.8, 4) is 0 Å². The van der Waals surface area contributed by atoms with Crippen molar-refractivity contribution in [3.05, 3.63) is 0 Å². The van der Waals surface area contributed by atoms with E-state index in [9.17, 15) is 4.79 Å². The van der Waals surface area contributed by atoms with E-state index in [0.29, 0.717) is 17.3 Å². The van der Waals surface area contributed by atoms with Crippen LogP contribution in [0.25, 0.3) is 0 Å². The number of hydrogen-bond donors (Lipinski definition) is 2. The molecule has 0 heterocycles. The molecule has 0 radical (unpaired) electrons.